The van der Waals surface area contributed by atoms with Gasteiger partial charge in [0.2, 0.25) is 13.4 Å². The lowest BCUT2D eigenvalue weighted by Crippen LogP contribution is -2.60. The third-order valence-electron chi connectivity index (χ3n) is 16.4. The number of rotatable bonds is 4. The zero-order valence-electron chi connectivity index (χ0n) is 51.8. The summed E-state index contributed by atoms with van der Waals surface area (Å²) in [4.78, 5) is 0. The van der Waals surface area contributed by atoms with Crippen molar-refractivity contribution in [2.75, 3.05) is 14.2 Å². The highest BCUT2D eigenvalue weighted by molar-refractivity contribution is 6.99. The van der Waals surface area contributed by atoms with Crippen molar-refractivity contribution < 1.29 is 9.47 Å². The smallest absolute Gasteiger partial charge is 0.243 e. The zero-order valence-corrected chi connectivity index (χ0v) is 51.8. The van der Waals surface area contributed by atoms with Crippen LogP contribution in [0.15, 0.2) is 121 Å². The van der Waals surface area contributed by atoms with Gasteiger partial charge in [-0.3, -0.25) is 0 Å². The molecule has 0 saturated carbocycles. The predicted octanol–water partition coefficient (Wildman–Crippen LogP) is 14.3. The van der Waals surface area contributed by atoms with Gasteiger partial charge < -0.3 is 9.47 Å². The first-order valence-electron chi connectivity index (χ1n) is 28.9. The lowest BCUT2D eigenvalue weighted by molar-refractivity contribution is 0.414. The Balaban J connectivity index is 1.38. The highest BCUT2D eigenvalue weighted by Gasteiger charge is 2.41. The molecule has 0 aliphatic carbocycles. The van der Waals surface area contributed by atoms with Crippen molar-refractivity contribution in [2.24, 2.45) is 0 Å². The van der Waals surface area contributed by atoms with Gasteiger partial charge in [-0.1, -0.05) is 254 Å². The van der Waals surface area contributed by atoms with Crippen molar-refractivity contribution in [3.8, 4) is 35.2 Å². The summed E-state index contributed by atoms with van der Waals surface area (Å²) in [6.07, 6.45) is 9.57. The van der Waals surface area contributed by atoms with Crippen molar-refractivity contribution in [3.63, 3.8) is 0 Å². The van der Waals surface area contributed by atoms with E-state index in [0.717, 1.165) is 33.8 Å². The van der Waals surface area contributed by atoms with Crippen LogP contribution in [0.1, 0.15) is 203 Å². The molecule has 0 amide bonds. The maximum Gasteiger partial charge on any atom is 0.243 e. The molecule has 0 aromatic heterocycles. The van der Waals surface area contributed by atoms with Crippen LogP contribution in [0.2, 0.25) is 0 Å². The number of hydrogen-bond donors (Lipinski definition) is 0. The quantitative estimate of drug-likeness (QED) is 0.129. The van der Waals surface area contributed by atoms with E-state index in [1.54, 1.807) is 14.2 Å². The van der Waals surface area contributed by atoms with Crippen molar-refractivity contribution in [1.29, 1.82) is 0 Å². The summed E-state index contributed by atoms with van der Waals surface area (Å²) >= 11 is 0. The van der Waals surface area contributed by atoms with Gasteiger partial charge in [0.05, 0.1) is 14.2 Å². The molecule has 0 fully saturated rings. The van der Waals surface area contributed by atoms with Gasteiger partial charge in [0.25, 0.3) is 0 Å². The normalized spacial score (nSPS) is 13.4. The van der Waals surface area contributed by atoms with Crippen LogP contribution in [-0.2, 0) is 32.5 Å². The molecule has 2 nitrogen and oxygen atoms in total. The Bertz CT molecular complexity index is 3400. The summed E-state index contributed by atoms with van der Waals surface area (Å²) in [5.41, 5.74) is 24.3. The third kappa shape index (κ3) is 11.8. The van der Waals surface area contributed by atoms with E-state index in [2.05, 4.69) is 245 Å². The average Bonchev–Trinajstić information content (AvgIpc) is 3.79. The number of fused-ring (bicyclic) bond motifs is 4. The summed E-state index contributed by atoms with van der Waals surface area (Å²) in [7, 11) is 3.39. The highest BCUT2D eigenvalue weighted by atomic mass is 16.5. The molecular formula is C76H84B2O2. The number of hydrogen-bond acceptors (Lipinski definition) is 2. The molecular weight excluding hydrogens is 966 g/mol. The molecule has 2 aliphatic rings. The number of methoxy groups -OCH3 is 2. The van der Waals surface area contributed by atoms with Gasteiger partial charge in [0.1, 0.15) is 11.5 Å². The Hall–Kier alpha value is -7.13. The molecule has 0 radical (unpaired) electrons. The van der Waals surface area contributed by atoms with Crippen LogP contribution in [0.3, 0.4) is 0 Å². The lowest BCUT2D eigenvalue weighted by Gasteiger charge is -2.37. The molecule has 0 unspecified atom stereocenters. The van der Waals surface area contributed by atoms with E-state index in [4.69, 9.17) is 9.47 Å². The van der Waals surface area contributed by atoms with Crippen LogP contribution in [0.5, 0.6) is 11.5 Å². The number of ether oxygens (including phenoxy) is 2. The summed E-state index contributed by atoms with van der Waals surface area (Å²) in [5.74, 6) is 15.7. The largest absolute Gasteiger partial charge is 0.497 e. The monoisotopic (exact) mass is 1050 g/mol. The fraction of sp³-hybridized carbons (Fsp3) is 0.342. The van der Waals surface area contributed by atoms with Crippen molar-refractivity contribution in [1.82, 2.24) is 0 Å². The fourth-order valence-electron chi connectivity index (χ4n) is 11.8. The van der Waals surface area contributed by atoms with Gasteiger partial charge in [0.15, 0.2) is 0 Å². The first-order valence-corrected chi connectivity index (χ1v) is 28.9. The Morgan fingerprint density at radius 1 is 0.287 bits per heavy atom. The van der Waals surface area contributed by atoms with Gasteiger partial charge in [-0.2, -0.15) is 0 Å². The first kappa shape index (κ1) is 57.6. The second kappa shape index (κ2) is 21.1. The topological polar surface area (TPSA) is 18.5 Å². The van der Waals surface area contributed by atoms with Gasteiger partial charge in [-0.15, -0.1) is 0 Å². The minimum atomic E-state index is -0.168. The van der Waals surface area contributed by atoms with Gasteiger partial charge in [-0.05, 0) is 161 Å². The maximum atomic E-state index is 5.46. The van der Waals surface area contributed by atoms with Crippen LogP contribution < -0.4 is 42.3 Å². The van der Waals surface area contributed by atoms with Crippen LogP contribution in [0.25, 0.3) is 24.3 Å². The summed E-state index contributed by atoms with van der Waals surface area (Å²) < 4.78 is 10.9. The van der Waals surface area contributed by atoms with Crippen LogP contribution in [0, 0.1) is 23.7 Å². The van der Waals surface area contributed by atoms with E-state index in [-0.39, 0.29) is 45.9 Å². The van der Waals surface area contributed by atoms with E-state index in [1.807, 2.05) is 48.5 Å². The third-order valence-corrected chi connectivity index (χ3v) is 16.4. The Kier molecular flexibility index (Phi) is 15.2. The van der Waals surface area contributed by atoms with Crippen LogP contribution in [-0.4, -0.2) is 27.6 Å². The van der Waals surface area contributed by atoms with E-state index in [1.165, 1.54) is 88.4 Å². The molecule has 0 atom stereocenters. The van der Waals surface area contributed by atoms with E-state index < -0.39 is 0 Å². The molecule has 7 aromatic carbocycles. The molecule has 406 valence electrons. The van der Waals surface area contributed by atoms with E-state index in [9.17, 15) is 0 Å². The van der Waals surface area contributed by atoms with Gasteiger partial charge >= 0.3 is 0 Å². The molecule has 0 spiro atoms. The first-order chi connectivity index (χ1) is 37.3. The molecule has 0 N–H and O–H groups in total. The Morgan fingerprint density at radius 3 is 0.812 bits per heavy atom. The van der Waals surface area contributed by atoms with Crippen LogP contribution >= 0.6 is 0 Å². The van der Waals surface area contributed by atoms with Crippen molar-refractivity contribution >= 4 is 70.5 Å². The van der Waals surface area contributed by atoms with Crippen molar-refractivity contribution in [3.05, 3.63) is 199 Å². The number of benzene rings is 7. The van der Waals surface area contributed by atoms with Gasteiger partial charge in [-0.25, -0.2) is 0 Å². The highest BCUT2D eigenvalue weighted by Crippen LogP contribution is 2.37. The Morgan fingerprint density at radius 2 is 0.550 bits per heavy atom. The van der Waals surface area contributed by atoms with Crippen molar-refractivity contribution in [2.45, 2.75) is 157 Å². The minimum absolute atomic E-state index is 0.0486. The second-order valence-corrected chi connectivity index (χ2v) is 28.8. The summed E-state index contributed by atoms with van der Waals surface area (Å²) in [5, 5.41) is 0. The minimum Gasteiger partial charge on any atom is -0.497 e. The second-order valence-electron chi connectivity index (χ2n) is 28.8. The molecule has 9 rings (SSSR count). The average molecular weight is 1050 g/mol. The summed E-state index contributed by atoms with van der Waals surface area (Å²) in [6.45, 7) is 42.8. The predicted molar refractivity (Wildman–Crippen MR) is 350 cm³/mol. The zero-order chi connectivity index (χ0) is 58.1. The standard InChI is InChI=1S/C76H84B2O2/c1-71(2,3)57-45-61(73(7,8)9)69(62(46-57)74(10,11)12)77-65-39-29-51(23-21-49-25-35-59(79-19)36-26-49)41-53(65)31-33-55-44-68-56(43-67(55)77)34-32-54-42-52(24-22-50-27-37-60(80-20)38-28-50)30-40-66(54)78(68)70-63(75(13,14)15)47-58(72(4,5)6)48-64(70)76(16,17)18/h25-48H,1-20H3. The van der Waals surface area contributed by atoms with Crippen LogP contribution in [0.4, 0.5) is 0 Å². The molecule has 80 heavy (non-hydrogen) atoms. The van der Waals surface area contributed by atoms with E-state index in [0.29, 0.717) is 0 Å². The summed E-state index contributed by atoms with van der Waals surface area (Å²) in [6, 6.07) is 45.2. The maximum absolute atomic E-state index is 5.46. The molecule has 0 saturated heterocycles. The molecule has 4 heteroatoms. The lowest BCUT2D eigenvalue weighted by atomic mass is 9.31. The molecule has 2 heterocycles. The molecule has 0 bridgehead atoms. The molecule has 2 aliphatic heterocycles. The Labute approximate surface area is 483 Å². The van der Waals surface area contributed by atoms with E-state index >= 15 is 0 Å². The fourth-order valence-corrected chi connectivity index (χ4v) is 11.8. The molecule has 7 aromatic rings. The SMILES string of the molecule is COc1ccc(C#Cc2ccc3c(c2)C=Cc2cc4c(cc2B3c2c(C(C)(C)C)cc(C(C)(C)C)cc2C(C)(C)C)C=Cc2cc(C#Cc3ccc(OC)cc3)ccc2B4c2c(C(C)(C)C)cc(C(C)(C)C)cc2C(C)(C)C)cc1. The van der Waals surface area contributed by atoms with Gasteiger partial charge in [0, 0.05) is 22.3 Å².